The number of aryl methyl sites for hydroxylation is 1. The van der Waals surface area contributed by atoms with E-state index in [4.69, 9.17) is 4.74 Å². The van der Waals surface area contributed by atoms with Gasteiger partial charge >= 0.3 is 0 Å². The number of rotatable bonds is 5. The summed E-state index contributed by atoms with van der Waals surface area (Å²) in [5, 5.41) is 10.4. The van der Waals surface area contributed by atoms with Crippen molar-refractivity contribution >= 4 is 11.6 Å². The molecule has 3 aromatic rings. The molecule has 0 aliphatic heterocycles. The molecule has 0 radical (unpaired) electrons. The first kappa shape index (κ1) is 20.1. The maximum atomic E-state index is 13.1. The molecule has 6 nitrogen and oxygen atoms in total. The van der Waals surface area contributed by atoms with E-state index in [0.717, 1.165) is 36.2 Å². The van der Waals surface area contributed by atoms with Gasteiger partial charge < -0.3 is 10.1 Å². The summed E-state index contributed by atoms with van der Waals surface area (Å²) in [4.78, 5) is 17.3. The Hall–Kier alpha value is -3.15. The van der Waals surface area contributed by atoms with Gasteiger partial charge in [0.15, 0.2) is 5.69 Å². The molecule has 2 N–H and O–H groups in total. The van der Waals surface area contributed by atoms with Crippen LogP contribution in [0, 0.1) is 11.3 Å². The molecule has 156 valence electrons. The zero-order chi connectivity index (χ0) is 21.1. The Kier molecular flexibility index (Phi) is 5.57. The number of benzene rings is 1. The van der Waals surface area contributed by atoms with Crippen molar-refractivity contribution in [1.82, 2.24) is 15.2 Å². The summed E-state index contributed by atoms with van der Waals surface area (Å²) < 4.78 is 5.91. The van der Waals surface area contributed by atoms with Crippen LogP contribution in [-0.2, 0) is 19.4 Å². The SMILES string of the molecule is CC(C)(C)C1CCc2[nH]nc(C(=O)Nc3ccccc3OCc3ccccn3)c2C1. The van der Waals surface area contributed by atoms with E-state index in [-0.39, 0.29) is 11.3 Å². The lowest BCUT2D eigenvalue weighted by Gasteiger charge is -2.33. The van der Waals surface area contributed by atoms with Crippen molar-refractivity contribution in [3.8, 4) is 5.75 Å². The number of para-hydroxylation sites is 2. The molecular weight excluding hydrogens is 376 g/mol. The van der Waals surface area contributed by atoms with Crippen molar-refractivity contribution < 1.29 is 9.53 Å². The number of ether oxygens (including phenoxy) is 1. The minimum absolute atomic E-state index is 0.203. The van der Waals surface area contributed by atoms with Crippen LogP contribution in [-0.4, -0.2) is 21.1 Å². The largest absolute Gasteiger partial charge is 0.485 e. The smallest absolute Gasteiger partial charge is 0.276 e. The van der Waals surface area contributed by atoms with Crippen molar-refractivity contribution in [1.29, 1.82) is 0 Å². The Balaban J connectivity index is 1.50. The van der Waals surface area contributed by atoms with Crippen LogP contribution in [0.3, 0.4) is 0 Å². The lowest BCUT2D eigenvalue weighted by atomic mass is 9.71. The molecule has 1 unspecified atom stereocenters. The molecule has 0 spiro atoms. The number of hydrogen-bond donors (Lipinski definition) is 2. The molecule has 0 bridgehead atoms. The third kappa shape index (κ3) is 4.37. The first-order valence-electron chi connectivity index (χ1n) is 10.4. The number of pyridine rings is 1. The predicted octanol–water partition coefficient (Wildman–Crippen LogP) is 4.79. The second kappa shape index (κ2) is 8.30. The molecule has 1 atom stereocenters. The van der Waals surface area contributed by atoms with E-state index in [1.807, 2.05) is 42.5 Å². The van der Waals surface area contributed by atoms with Gasteiger partial charge in [-0.15, -0.1) is 0 Å². The average molecular weight is 405 g/mol. The molecule has 0 fully saturated rings. The molecule has 6 heteroatoms. The first-order valence-corrected chi connectivity index (χ1v) is 10.4. The van der Waals surface area contributed by atoms with Crippen LogP contribution in [0.4, 0.5) is 5.69 Å². The summed E-state index contributed by atoms with van der Waals surface area (Å²) in [5.74, 6) is 0.924. The second-order valence-corrected chi connectivity index (χ2v) is 8.90. The number of carbonyl (C=O) groups excluding carboxylic acids is 1. The summed E-state index contributed by atoms with van der Waals surface area (Å²) in [5.41, 5.74) is 4.27. The molecule has 0 saturated carbocycles. The van der Waals surface area contributed by atoms with Crippen molar-refractivity contribution in [3.05, 3.63) is 71.3 Å². The third-order valence-electron chi connectivity index (χ3n) is 5.82. The Labute approximate surface area is 177 Å². The van der Waals surface area contributed by atoms with Gasteiger partial charge in [-0.3, -0.25) is 14.9 Å². The van der Waals surface area contributed by atoms with Gasteiger partial charge in [0.05, 0.1) is 11.4 Å². The van der Waals surface area contributed by atoms with Crippen molar-refractivity contribution in [2.45, 2.75) is 46.6 Å². The van der Waals surface area contributed by atoms with Crippen LogP contribution < -0.4 is 10.1 Å². The Bertz CT molecular complexity index is 1020. The Morgan fingerprint density at radius 1 is 1.20 bits per heavy atom. The van der Waals surface area contributed by atoms with Crippen LogP contribution in [0.2, 0.25) is 0 Å². The van der Waals surface area contributed by atoms with E-state index in [1.54, 1.807) is 6.20 Å². The van der Waals surface area contributed by atoms with Crippen LogP contribution in [0.5, 0.6) is 5.75 Å². The highest BCUT2D eigenvalue weighted by molar-refractivity contribution is 6.04. The van der Waals surface area contributed by atoms with Crippen LogP contribution in [0.15, 0.2) is 48.7 Å². The zero-order valence-corrected chi connectivity index (χ0v) is 17.7. The number of carbonyl (C=O) groups is 1. The fraction of sp³-hybridized carbons (Fsp3) is 0.375. The summed E-state index contributed by atoms with van der Waals surface area (Å²) in [7, 11) is 0. The number of nitrogens with one attached hydrogen (secondary N) is 2. The molecule has 1 amide bonds. The minimum Gasteiger partial charge on any atom is -0.485 e. The normalized spacial score (nSPS) is 16.0. The van der Waals surface area contributed by atoms with Crippen molar-refractivity contribution in [2.24, 2.45) is 11.3 Å². The number of hydrogen-bond acceptors (Lipinski definition) is 4. The average Bonchev–Trinajstić information content (AvgIpc) is 3.17. The van der Waals surface area contributed by atoms with Gasteiger partial charge in [-0.2, -0.15) is 5.10 Å². The van der Waals surface area contributed by atoms with Gasteiger partial charge in [-0.1, -0.05) is 39.0 Å². The molecule has 2 heterocycles. The van der Waals surface area contributed by atoms with E-state index in [1.165, 1.54) is 0 Å². The molecule has 1 aromatic carbocycles. The minimum atomic E-state index is -0.212. The predicted molar refractivity (Wildman–Crippen MR) is 117 cm³/mol. The summed E-state index contributed by atoms with van der Waals surface area (Å²) in [6.07, 6.45) is 4.65. The topological polar surface area (TPSA) is 79.9 Å². The second-order valence-electron chi connectivity index (χ2n) is 8.90. The summed E-state index contributed by atoms with van der Waals surface area (Å²) in [6, 6.07) is 13.1. The molecule has 1 aliphatic rings. The number of anilines is 1. The highest BCUT2D eigenvalue weighted by Crippen LogP contribution is 2.38. The maximum absolute atomic E-state index is 13.1. The number of fused-ring (bicyclic) bond motifs is 1. The standard InChI is InChI=1S/C24H28N4O2/c1-24(2,3)16-11-12-19-18(14-16)22(28-27-19)23(29)26-20-9-4-5-10-21(20)30-15-17-8-6-7-13-25-17/h4-10,13,16H,11-12,14-15H2,1-3H3,(H,26,29)(H,27,28). The van der Waals surface area contributed by atoms with E-state index in [9.17, 15) is 4.79 Å². The van der Waals surface area contributed by atoms with Gasteiger partial charge in [-0.25, -0.2) is 0 Å². The quantitative estimate of drug-likeness (QED) is 0.641. The number of H-pyrrole nitrogens is 1. The fourth-order valence-electron chi connectivity index (χ4n) is 3.93. The van der Waals surface area contributed by atoms with Crippen LogP contribution in [0.1, 0.15) is 54.6 Å². The highest BCUT2D eigenvalue weighted by atomic mass is 16.5. The van der Waals surface area contributed by atoms with Crippen LogP contribution >= 0.6 is 0 Å². The lowest BCUT2D eigenvalue weighted by Crippen LogP contribution is -2.28. The molecule has 30 heavy (non-hydrogen) atoms. The zero-order valence-electron chi connectivity index (χ0n) is 17.7. The van der Waals surface area contributed by atoms with Crippen LogP contribution in [0.25, 0.3) is 0 Å². The maximum Gasteiger partial charge on any atom is 0.276 e. The van der Waals surface area contributed by atoms with Gasteiger partial charge in [0.25, 0.3) is 5.91 Å². The molecular formula is C24H28N4O2. The van der Waals surface area contributed by atoms with Gasteiger partial charge in [-0.05, 0) is 54.9 Å². The fourth-order valence-corrected chi connectivity index (χ4v) is 3.93. The number of amides is 1. The Morgan fingerprint density at radius 2 is 2.00 bits per heavy atom. The van der Waals surface area contributed by atoms with E-state index in [0.29, 0.717) is 29.7 Å². The summed E-state index contributed by atoms with van der Waals surface area (Å²) >= 11 is 0. The van der Waals surface area contributed by atoms with E-state index < -0.39 is 0 Å². The number of aromatic amines is 1. The van der Waals surface area contributed by atoms with E-state index in [2.05, 4.69) is 41.3 Å². The highest BCUT2D eigenvalue weighted by Gasteiger charge is 2.32. The molecule has 1 aliphatic carbocycles. The van der Waals surface area contributed by atoms with Crippen molar-refractivity contribution in [3.63, 3.8) is 0 Å². The van der Waals surface area contributed by atoms with E-state index >= 15 is 0 Å². The third-order valence-corrected chi connectivity index (χ3v) is 5.82. The van der Waals surface area contributed by atoms with Gasteiger partial charge in [0.1, 0.15) is 12.4 Å². The number of nitrogens with zero attached hydrogens (tertiary/aromatic N) is 2. The first-order chi connectivity index (χ1) is 14.4. The lowest BCUT2D eigenvalue weighted by molar-refractivity contribution is 0.101. The monoisotopic (exact) mass is 404 g/mol. The molecule has 2 aromatic heterocycles. The molecule has 0 saturated heterocycles. The number of aromatic nitrogens is 3. The van der Waals surface area contributed by atoms with Gasteiger partial charge in [0, 0.05) is 17.5 Å². The van der Waals surface area contributed by atoms with Crippen molar-refractivity contribution in [2.75, 3.05) is 5.32 Å². The summed E-state index contributed by atoms with van der Waals surface area (Å²) in [6.45, 7) is 7.12. The van der Waals surface area contributed by atoms with Gasteiger partial charge in [0.2, 0.25) is 0 Å². The Morgan fingerprint density at radius 3 is 2.77 bits per heavy atom. The molecule has 4 rings (SSSR count).